The molecule has 1 aromatic heterocycles. The van der Waals surface area contributed by atoms with E-state index in [0.717, 1.165) is 17.2 Å². The van der Waals surface area contributed by atoms with Crippen LogP contribution in [-0.2, 0) is 4.74 Å². The Labute approximate surface area is 112 Å². The topological polar surface area (TPSA) is 54.5 Å². The number of hydrogen-bond donors (Lipinski definition) is 1. The molecular formula is C12H21N3O2S. The molecule has 0 aliphatic carbocycles. The highest BCUT2D eigenvalue weighted by atomic mass is 32.1. The Kier molecular flexibility index (Phi) is 5.71. The fourth-order valence-corrected chi connectivity index (χ4v) is 2.54. The van der Waals surface area contributed by atoms with Gasteiger partial charge in [-0.1, -0.05) is 0 Å². The van der Waals surface area contributed by atoms with E-state index in [2.05, 4.69) is 10.3 Å². The maximum absolute atomic E-state index is 12.2. The van der Waals surface area contributed by atoms with Crippen LogP contribution >= 0.6 is 11.3 Å². The summed E-state index contributed by atoms with van der Waals surface area (Å²) in [7, 11) is 5.31. The van der Waals surface area contributed by atoms with Gasteiger partial charge in [0.25, 0.3) is 5.91 Å². The van der Waals surface area contributed by atoms with E-state index in [1.165, 1.54) is 11.3 Å². The second-order valence-electron chi connectivity index (χ2n) is 4.17. The van der Waals surface area contributed by atoms with E-state index >= 15 is 0 Å². The first-order valence-electron chi connectivity index (χ1n) is 5.91. The molecule has 0 aliphatic rings. The summed E-state index contributed by atoms with van der Waals surface area (Å²) in [5, 5.41) is 3.87. The first-order valence-corrected chi connectivity index (χ1v) is 6.73. The molecule has 0 bridgehead atoms. The molecule has 0 saturated heterocycles. The Morgan fingerprint density at radius 2 is 2.28 bits per heavy atom. The van der Waals surface area contributed by atoms with Gasteiger partial charge in [-0.3, -0.25) is 4.79 Å². The summed E-state index contributed by atoms with van der Waals surface area (Å²) in [6.45, 7) is 5.25. The van der Waals surface area contributed by atoms with Crippen molar-refractivity contribution in [2.24, 2.45) is 0 Å². The molecule has 0 fully saturated rings. The predicted molar refractivity (Wildman–Crippen MR) is 73.2 cm³/mol. The Bertz CT molecular complexity index is 406. The Hall–Kier alpha value is -0.980. The van der Waals surface area contributed by atoms with Crippen molar-refractivity contribution in [3.05, 3.63) is 15.6 Å². The third-order valence-electron chi connectivity index (χ3n) is 2.75. The molecule has 1 amide bonds. The van der Waals surface area contributed by atoms with Crippen LogP contribution in [0.15, 0.2) is 0 Å². The molecular weight excluding hydrogens is 250 g/mol. The normalized spacial score (nSPS) is 12.5. The van der Waals surface area contributed by atoms with Gasteiger partial charge in [-0.15, -0.1) is 11.3 Å². The van der Waals surface area contributed by atoms with Crippen molar-refractivity contribution in [3.8, 4) is 0 Å². The first kappa shape index (κ1) is 15.1. The molecule has 0 radical (unpaired) electrons. The number of thiazole rings is 1. The van der Waals surface area contributed by atoms with Crippen molar-refractivity contribution in [2.75, 3.05) is 34.3 Å². The highest BCUT2D eigenvalue weighted by Crippen LogP contribution is 2.26. The van der Waals surface area contributed by atoms with Gasteiger partial charge in [0.1, 0.15) is 16.0 Å². The standard InChI is InChI=1S/C12H21N3O2S/c1-8-10(12(16)15(4)7-6-13-3)18-11(14-8)9(2)17-5/h9,13H,6-7H2,1-5H3. The average Bonchev–Trinajstić information content (AvgIpc) is 2.76. The lowest BCUT2D eigenvalue weighted by molar-refractivity contribution is 0.0800. The third-order valence-corrected chi connectivity index (χ3v) is 4.06. The van der Waals surface area contributed by atoms with E-state index in [-0.39, 0.29) is 12.0 Å². The quantitative estimate of drug-likeness (QED) is 0.851. The number of carbonyl (C=O) groups excluding carboxylic acids is 1. The largest absolute Gasteiger partial charge is 0.375 e. The van der Waals surface area contributed by atoms with E-state index in [1.807, 2.05) is 20.9 Å². The number of aryl methyl sites for hydroxylation is 1. The SMILES string of the molecule is CNCCN(C)C(=O)c1sc(C(C)OC)nc1C. The molecule has 6 heteroatoms. The van der Waals surface area contributed by atoms with E-state index < -0.39 is 0 Å². The van der Waals surface area contributed by atoms with Crippen LogP contribution in [0.3, 0.4) is 0 Å². The summed E-state index contributed by atoms with van der Waals surface area (Å²) in [4.78, 5) is 19.0. The number of methoxy groups -OCH3 is 1. The van der Waals surface area contributed by atoms with Crippen molar-refractivity contribution in [1.29, 1.82) is 0 Å². The molecule has 5 nitrogen and oxygen atoms in total. The van der Waals surface area contributed by atoms with Crippen molar-refractivity contribution in [2.45, 2.75) is 20.0 Å². The van der Waals surface area contributed by atoms with Crippen LogP contribution in [-0.4, -0.2) is 50.1 Å². The van der Waals surface area contributed by atoms with Gasteiger partial charge in [-0.25, -0.2) is 4.98 Å². The second-order valence-corrected chi connectivity index (χ2v) is 5.21. The van der Waals surface area contributed by atoms with Gasteiger partial charge in [0.2, 0.25) is 0 Å². The molecule has 1 unspecified atom stereocenters. The molecule has 1 N–H and O–H groups in total. The monoisotopic (exact) mass is 271 g/mol. The molecule has 0 aliphatic heterocycles. The highest BCUT2D eigenvalue weighted by Gasteiger charge is 2.20. The third kappa shape index (κ3) is 3.51. The molecule has 18 heavy (non-hydrogen) atoms. The highest BCUT2D eigenvalue weighted by molar-refractivity contribution is 7.13. The van der Waals surface area contributed by atoms with E-state index in [9.17, 15) is 4.79 Å². The van der Waals surface area contributed by atoms with Crippen LogP contribution in [0.1, 0.15) is 33.4 Å². The van der Waals surface area contributed by atoms with Gasteiger partial charge in [0.15, 0.2) is 0 Å². The summed E-state index contributed by atoms with van der Waals surface area (Å²) in [5.41, 5.74) is 0.778. The summed E-state index contributed by atoms with van der Waals surface area (Å²) in [5.74, 6) is 0.0230. The van der Waals surface area contributed by atoms with Crippen LogP contribution in [0.4, 0.5) is 0 Å². The number of nitrogens with zero attached hydrogens (tertiary/aromatic N) is 2. The lowest BCUT2D eigenvalue weighted by atomic mass is 10.3. The van der Waals surface area contributed by atoms with E-state index in [4.69, 9.17) is 4.74 Å². The minimum Gasteiger partial charge on any atom is -0.375 e. The summed E-state index contributed by atoms with van der Waals surface area (Å²) in [6.07, 6.45) is -0.0714. The number of ether oxygens (including phenoxy) is 1. The van der Waals surface area contributed by atoms with Gasteiger partial charge in [-0.2, -0.15) is 0 Å². The Morgan fingerprint density at radius 1 is 1.61 bits per heavy atom. The predicted octanol–water partition coefficient (Wildman–Crippen LogP) is 1.45. The van der Waals surface area contributed by atoms with Crippen LogP contribution in [0.25, 0.3) is 0 Å². The van der Waals surface area contributed by atoms with Crippen LogP contribution in [0.2, 0.25) is 0 Å². The van der Waals surface area contributed by atoms with Crippen molar-refractivity contribution in [3.63, 3.8) is 0 Å². The van der Waals surface area contributed by atoms with Crippen molar-refractivity contribution >= 4 is 17.2 Å². The summed E-state index contributed by atoms with van der Waals surface area (Å²) >= 11 is 1.41. The van der Waals surface area contributed by atoms with Crippen LogP contribution in [0.5, 0.6) is 0 Å². The fraction of sp³-hybridized carbons (Fsp3) is 0.667. The van der Waals surface area contributed by atoms with Crippen molar-refractivity contribution < 1.29 is 9.53 Å². The zero-order valence-corrected chi connectivity index (χ0v) is 12.4. The van der Waals surface area contributed by atoms with Gasteiger partial charge < -0.3 is 15.0 Å². The maximum Gasteiger partial charge on any atom is 0.265 e. The molecule has 0 saturated carbocycles. The fourth-order valence-electron chi connectivity index (χ4n) is 1.44. The lowest BCUT2D eigenvalue weighted by Gasteiger charge is -2.15. The Balaban J connectivity index is 2.82. The number of amides is 1. The molecule has 102 valence electrons. The smallest absolute Gasteiger partial charge is 0.265 e. The van der Waals surface area contributed by atoms with Crippen LogP contribution in [0, 0.1) is 6.92 Å². The van der Waals surface area contributed by atoms with Gasteiger partial charge in [-0.05, 0) is 20.9 Å². The maximum atomic E-state index is 12.2. The second kappa shape index (κ2) is 6.82. The first-order chi connectivity index (χ1) is 8.51. The molecule has 0 aromatic carbocycles. The molecule has 1 rings (SSSR count). The molecule has 1 aromatic rings. The van der Waals surface area contributed by atoms with Crippen molar-refractivity contribution in [1.82, 2.24) is 15.2 Å². The van der Waals surface area contributed by atoms with Gasteiger partial charge >= 0.3 is 0 Å². The Morgan fingerprint density at radius 3 is 2.83 bits per heavy atom. The number of carbonyl (C=O) groups is 1. The zero-order chi connectivity index (χ0) is 13.7. The van der Waals surface area contributed by atoms with Gasteiger partial charge in [0, 0.05) is 27.2 Å². The molecule has 0 spiro atoms. The average molecular weight is 271 g/mol. The number of aromatic nitrogens is 1. The minimum atomic E-state index is -0.0714. The van der Waals surface area contributed by atoms with Crippen LogP contribution < -0.4 is 5.32 Å². The van der Waals surface area contributed by atoms with E-state index in [1.54, 1.807) is 19.1 Å². The number of nitrogens with one attached hydrogen (secondary N) is 1. The zero-order valence-electron chi connectivity index (χ0n) is 11.6. The van der Waals surface area contributed by atoms with Gasteiger partial charge in [0.05, 0.1) is 5.69 Å². The summed E-state index contributed by atoms with van der Waals surface area (Å²) in [6, 6.07) is 0. The number of likely N-dealkylation sites (N-methyl/N-ethyl adjacent to an activating group) is 2. The number of hydrogen-bond acceptors (Lipinski definition) is 5. The molecule has 1 atom stereocenters. The minimum absolute atomic E-state index is 0.0230. The lowest BCUT2D eigenvalue weighted by Crippen LogP contribution is -2.32. The number of rotatable bonds is 6. The summed E-state index contributed by atoms with van der Waals surface area (Å²) < 4.78 is 5.22. The van der Waals surface area contributed by atoms with E-state index in [0.29, 0.717) is 11.4 Å². The molecule has 1 heterocycles.